The van der Waals surface area contributed by atoms with E-state index in [-0.39, 0.29) is 29.5 Å². The third kappa shape index (κ3) is 2.53. The average Bonchev–Trinajstić information content (AvgIpc) is 3.06. The van der Waals surface area contributed by atoms with Gasteiger partial charge in [0.2, 0.25) is 5.91 Å². The molecule has 3 aliphatic rings. The van der Waals surface area contributed by atoms with Crippen LogP contribution in [0.3, 0.4) is 0 Å². The van der Waals surface area contributed by atoms with E-state index in [0.717, 1.165) is 30.6 Å². The van der Waals surface area contributed by atoms with Crippen molar-refractivity contribution in [2.75, 3.05) is 0 Å². The standard InChI is InChI=1S/C19H26N2O2/c1-19(2)10-14(13-5-3-4-6-15(13)23-19)21-18(22)16-11-7-8-12(9-11)17(16)20/h3-6,11-12,14,16-17H,7-10,20H2,1-2H3,(H,21,22). The number of ether oxygens (including phenoxy) is 1. The fourth-order valence-corrected chi connectivity index (χ4v) is 4.92. The lowest BCUT2D eigenvalue weighted by Crippen LogP contribution is -2.48. The van der Waals surface area contributed by atoms with Crippen molar-refractivity contribution in [1.82, 2.24) is 5.32 Å². The molecule has 1 aliphatic heterocycles. The third-order valence-corrected chi connectivity index (χ3v) is 5.98. The van der Waals surface area contributed by atoms with Crippen molar-refractivity contribution >= 4 is 5.91 Å². The second kappa shape index (κ2) is 5.23. The van der Waals surface area contributed by atoms with Gasteiger partial charge in [-0.1, -0.05) is 18.2 Å². The van der Waals surface area contributed by atoms with E-state index in [1.54, 1.807) is 0 Å². The van der Waals surface area contributed by atoms with Crippen LogP contribution in [0.1, 0.15) is 51.1 Å². The first-order valence-corrected chi connectivity index (χ1v) is 8.78. The lowest BCUT2D eigenvalue weighted by atomic mass is 9.83. The molecule has 1 aromatic rings. The van der Waals surface area contributed by atoms with Crippen molar-refractivity contribution in [2.24, 2.45) is 23.5 Å². The molecule has 124 valence electrons. The highest BCUT2D eigenvalue weighted by molar-refractivity contribution is 5.81. The van der Waals surface area contributed by atoms with Gasteiger partial charge < -0.3 is 15.8 Å². The Balaban J connectivity index is 1.55. The van der Waals surface area contributed by atoms with Gasteiger partial charge >= 0.3 is 0 Å². The minimum absolute atomic E-state index is 0.00753. The first kappa shape index (κ1) is 15.0. The molecule has 4 heteroatoms. The summed E-state index contributed by atoms with van der Waals surface area (Å²) in [5.74, 6) is 2.05. The smallest absolute Gasteiger partial charge is 0.225 e. The molecule has 3 N–H and O–H groups in total. The summed E-state index contributed by atoms with van der Waals surface area (Å²) in [7, 11) is 0. The monoisotopic (exact) mass is 314 g/mol. The zero-order valence-electron chi connectivity index (χ0n) is 13.9. The predicted octanol–water partition coefficient (Wildman–Crippen LogP) is 2.78. The van der Waals surface area contributed by atoms with E-state index in [4.69, 9.17) is 10.5 Å². The average molecular weight is 314 g/mol. The molecule has 4 nitrogen and oxygen atoms in total. The Morgan fingerprint density at radius 3 is 2.74 bits per heavy atom. The Morgan fingerprint density at radius 2 is 2.00 bits per heavy atom. The largest absolute Gasteiger partial charge is 0.487 e. The molecule has 1 heterocycles. The summed E-state index contributed by atoms with van der Waals surface area (Å²) in [6.45, 7) is 4.15. The summed E-state index contributed by atoms with van der Waals surface area (Å²) >= 11 is 0. The second-order valence-corrected chi connectivity index (χ2v) is 8.10. The molecule has 0 saturated heterocycles. The van der Waals surface area contributed by atoms with Crippen molar-refractivity contribution in [2.45, 2.75) is 57.2 Å². The summed E-state index contributed by atoms with van der Waals surface area (Å²) in [5, 5.41) is 3.29. The van der Waals surface area contributed by atoms with Crippen molar-refractivity contribution in [3.8, 4) is 5.75 Å². The zero-order chi connectivity index (χ0) is 16.2. The van der Waals surface area contributed by atoms with Crippen LogP contribution in [0, 0.1) is 17.8 Å². The maximum Gasteiger partial charge on any atom is 0.225 e. The molecule has 0 spiro atoms. The number of benzene rings is 1. The van der Waals surface area contributed by atoms with Crippen LogP contribution in [-0.2, 0) is 4.79 Å². The molecular weight excluding hydrogens is 288 g/mol. The number of amides is 1. The molecular formula is C19H26N2O2. The summed E-state index contributed by atoms with van der Waals surface area (Å²) in [6, 6.07) is 8.06. The third-order valence-electron chi connectivity index (χ3n) is 5.98. The van der Waals surface area contributed by atoms with Crippen LogP contribution in [0.2, 0.25) is 0 Å². The van der Waals surface area contributed by atoms with Crippen LogP contribution < -0.4 is 15.8 Å². The normalized spacial score (nSPS) is 37.1. The minimum atomic E-state index is -0.275. The van der Waals surface area contributed by atoms with E-state index < -0.39 is 0 Å². The maximum absolute atomic E-state index is 12.9. The van der Waals surface area contributed by atoms with Crippen molar-refractivity contribution in [1.29, 1.82) is 0 Å². The number of hydrogen-bond donors (Lipinski definition) is 2. The number of fused-ring (bicyclic) bond motifs is 3. The molecule has 23 heavy (non-hydrogen) atoms. The van der Waals surface area contributed by atoms with Gasteiger partial charge in [0.05, 0.1) is 12.0 Å². The molecule has 5 atom stereocenters. The lowest BCUT2D eigenvalue weighted by molar-refractivity contribution is -0.128. The minimum Gasteiger partial charge on any atom is -0.487 e. The molecule has 2 saturated carbocycles. The summed E-state index contributed by atoms with van der Waals surface area (Å²) in [4.78, 5) is 12.9. The first-order valence-electron chi connectivity index (χ1n) is 8.78. The van der Waals surface area contributed by atoms with E-state index in [1.165, 1.54) is 6.42 Å². The van der Waals surface area contributed by atoms with Crippen LogP contribution in [-0.4, -0.2) is 17.6 Å². The van der Waals surface area contributed by atoms with Gasteiger partial charge in [-0.15, -0.1) is 0 Å². The highest BCUT2D eigenvalue weighted by Crippen LogP contribution is 2.48. The lowest BCUT2D eigenvalue weighted by Gasteiger charge is -2.39. The number of nitrogens with two attached hydrogens (primary N) is 1. The molecule has 4 rings (SSSR count). The van der Waals surface area contributed by atoms with Gasteiger partial charge in [-0.3, -0.25) is 4.79 Å². The summed E-state index contributed by atoms with van der Waals surface area (Å²) in [6.07, 6.45) is 4.27. The number of hydrogen-bond acceptors (Lipinski definition) is 3. The Morgan fingerprint density at radius 1 is 1.26 bits per heavy atom. The van der Waals surface area contributed by atoms with Crippen molar-refractivity contribution in [3.05, 3.63) is 29.8 Å². The Labute approximate surface area is 137 Å². The maximum atomic E-state index is 12.9. The van der Waals surface area contributed by atoms with E-state index in [0.29, 0.717) is 11.8 Å². The van der Waals surface area contributed by atoms with Crippen LogP contribution in [0.15, 0.2) is 24.3 Å². The quantitative estimate of drug-likeness (QED) is 0.882. The van der Waals surface area contributed by atoms with Gasteiger partial charge in [0.1, 0.15) is 11.4 Å². The van der Waals surface area contributed by atoms with E-state index in [2.05, 4.69) is 25.2 Å². The first-order chi connectivity index (χ1) is 10.9. The van der Waals surface area contributed by atoms with Crippen LogP contribution in [0.25, 0.3) is 0 Å². The molecule has 2 aliphatic carbocycles. The predicted molar refractivity (Wildman–Crippen MR) is 88.9 cm³/mol. The fourth-order valence-electron chi connectivity index (χ4n) is 4.92. The molecule has 5 unspecified atom stereocenters. The number of para-hydroxylation sites is 1. The van der Waals surface area contributed by atoms with E-state index >= 15 is 0 Å². The molecule has 2 fully saturated rings. The molecule has 0 aromatic heterocycles. The van der Waals surface area contributed by atoms with Gasteiger partial charge in [-0.25, -0.2) is 0 Å². The zero-order valence-corrected chi connectivity index (χ0v) is 13.9. The molecule has 0 radical (unpaired) electrons. The molecule has 1 amide bonds. The summed E-state index contributed by atoms with van der Waals surface area (Å²) < 4.78 is 6.05. The van der Waals surface area contributed by atoms with Crippen LogP contribution in [0.4, 0.5) is 0 Å². The number of rotatable bonds is 2. The second-order valence-electron chi connectivity index (χ2n) is 8.10. The highest BCUT2D eigenvalue weighted by Gasteiger charge is 2.49. The van der Waals surface area contributed by atoms with Crippen molar-refractivity contribution in [3.63, 3.8) is 0 Å². The molecule has 2 bridgehead atoms. The summed E-state index contributed by atoms with van der Waals surface area (Å²) in [5.41, 5.74) is 7.14. The van der Waals surface area contributed by atoms with E-state index in [9.17, 15) is 4.79 Å². The Kier molecular flexibility index (Phi) is 3.41. The van der Waals surface area contributed by atoms with Gasteiger partial charge in [-0.05, 0) is 51.0 Å². The Bertz CT molecular complexity index is 626. The van der Waals surface area contributed by atoms with Crippen LogP contribution in [0.5, 0.6) is 5.75 Å². The van der Waals surface area contributed by atoms with Crippen molar-refractivity contribution < 1.29 is 9.53 Å². The van der Waals surface area contributed by atoms with Gasteiger partial charge in [0, 0.05) is 18.0 Å². The van der Waals surface area contributed by atoms with Crippen LogP contribution >= 0.6 is 0 Å². The number of carbonyl (C=O) groups is 1. The van der Waals surface area contributed by atoms with Gasteiger partial charge in [0.15, 0.2) is 0 Å². The van der Waals surface area contributed by atoms with E-state index in [1.807, 2.05) is 18.2 Å². The number of carbonyl (C=O) groups excluding carboxylic acids is 1. The SMILES string of the molecule is CC1(C)CC(NC(=O)C2C3CCC(C3)C2N)c2ccccc2O1. The topological polar surface area (TPSA) is 64.4 Å². The highest BCUT2D eigenvalue weighted by atomic mass is 16.5. The van der Waals surface area contributed by atoms with Gasteiger partial charge in [-0.2, -0.15) is 0 Å². The molecule has 1 aromatic carbocycles. The van der Waals surface area contributed by atoms with Gasteiger partial charge in [0.25, 0.3) is 0 Å². The fraction of sp³-hybridized carbons (Fsp3) is 0.632. The Hall–Kier alpha value is -1.55. The number of nitrogens with one attached hydrogen (secondary N) is 1.